The zero-order valence-corrected chi connectivity index (χ0v) is 11.4. The number of hydrogen-bond acceptors (Lipinski definition) is 5. The Kier molecular flexibility index (Phi) is 2.80. The van der Waals surface area contributed by atoms with E-state index in [1.54, 1.807) is 7.11 Å². The molecule has 0 amide bonds. The van der Waals surface area contributed by atoms with Gasteiger partial charge in [0.25, 0.3) is 0 Å². The molecule has 0 bridgehead atoms. The van der Waals surface area contributed by atoms with Gasteiger partial charge in [-0.25, -0.2) is 9.97 Å². The van der Waals surface area contributed by atoms with Crippen LogP contribution in [0.1, 0.15) is 32.6 Å². The van der Waals surface area contributed by atoms with Crippen molar-refractivity contribution in [3.63, 3.8) is 0 Å². The summed E-state index contributed by atoms with van der Waals surface area (Å²) in [6.07, 6.45) is 6.47. The quantitative estimate of drug-likeness (QED) is 0.910. The van der Waals surface area contributed by atoms with Crippen molar-refractivity contribution in [2.45, 2.75) is 39.2 Å². The van der Waals surface area contributed by atoms with Gasteiger partial charge in [0.2, 0.25) is 11.8 Å². The number of nitrogens with two attached hydrogens (primary N) is 1. The van der Waals surface area contributed by atoms with Crippen molar-refractivity contribution in [2.24, 2.45) is 5.41 Å². The van der Waals surface area contributed by atoms with Gasteiger partial charge in [0.1, 0.15) is 6.33 Å². The smallest absolute Gasteiger partial charge is 0.245 e. The average molecular weight is 261 g/mol. The molecule has 1 aliphatic carbocycles. The lowest BCUT2D eigenvalue weighted by Crippen LogP contribution is -2.33. The van der Waals surface area contributed by atoms with Crippen LogP contribution in [-0.4, -0.2) is 26.6 Å². The molecule has 6 heteroatoms. The van der Waals surface area contributed by atoms with E-state index >= 15 is 0 Å². The zero-order chi connectivity index (χ0) is 13.5. The Hall–Kier alpha value is -1.85. The molecule has 1 aliphatic rings. The van der Waals surface area contributed by atoms with Gasteiger partial charge in [-0.15, -0.1) is 0 Å². The van der Waals surface area contributed by atoms with Crippen LogP contribution in [0.15, 0.2) is 6.33 Å². The highest BCUT2D eigenvalue weighted by molar-refractivity contribution is 5.78. The lowest BCUT2D eigenvalue weighted by Gasteiger charge is -2.41. The Morgan fingerprint density at radius 3 is 2.79 bits per heavy atom. The van der Waals surface area contributed by atoms with Crippen molar-refractivity contribution in [2.75, 3.05) is 12.8 Å². The van der Waals surface area contributed by atoms with Crippen molar-refractivity contribution < 1.29 is 4.74 Å². The number of rotatable bonds is 4. The Morgan fingerprint density at radius 2 is 2.21 bits per heavy atom. The third-order valence-corrected chi connectivity index (χ3v) is 4.38. The molecule has 0 unspecified atom stereocenters. The predicted octanol–water partition coefficient (Wildman–Crippen LogP) is 2.00. The van der Waals surface area contributed by atoms with Crippen LogP contribution >= 0.6 is 0 Å². The minimum Gasteiger partial charge on any atom is -0.479 e. The van der Waals surface area contributed by atoms with Gasteiger partial charge in [-0.1, -0.05) is 13.3 Å². The molecule has 0 atom stereocenters. The predicted molar refractivity (Wildman–Crippen MR) is 72.9 cm³/mol. The third-order valence-electron chi connectivity index (χ3n) is 4.38. The van der Waals surface area contributed by atoms with Gasteiger partial charge >= 0.3 is 0 Å². The number of hydrogen-bond donors (Lipinski definition) is 1. The van der Waals surface area contributed by atoms with E-state index in [9.17, 15) is 0 Å². The Bertz CT molecular complexity index is 597. The van der Waals surface area contributed by atoms with E-state index in [-0.39, 0.29) is 0 Å². The Labute approximate surface area is 112 Å². The van der Waals surface area contributed by atoms with Gasteiger partial charge in [-0.2, -0.15) is 4.98 Å². The summed E-state index contributed by atoms with van der Waals surface area (Å²) in [4.78, 5) is 12.7. The number of methoxy groups -OCH3 is 1. The molecule has 6 nitrogen and oxygen atoms in total. The molecule has 0 aliphatic heterocycles. The molecule has 1 saturated carbocycles. The van der Waals surface area contributed by atoms with Crippen LogP contribution in [0.3, 0.4) is 0 Å². The second kappa shape index (κ2) is 4.36. The summed E-state index contributed by atoms with van der Waals surface area (Å²) >= 11 is 0. The van der Waals surface area contributed by atoms with E-state index in [4.69, 9.17) is 10.5 Å². The lowest BCUT2D eigenvalue weighted by atomic mass is 9.67. The third kappa shape index (κ3) is 1.82. The maximum Gasteiger partial charge on any atom is 0.245 e. The molecule has 0 spiro atoms. The number of imidazole rings is 1. The molecule has 2 aromatic rings. The van der Waals surface area contributed by atoms with Crippen molar-refractivity contribution >= 4 is 17.1 Å². The summed E-state index contributed by atoms with van der Waals surface area (Å²) in [7, 11) is 1.58. The lowest BCUT2D eigenvalue weighted by molar-refractivity contribution is 0.103. The number of anilines is 1. The van der Waals surface area contributed by atoms with Crippen LogP contribution in [0.5, 0.6) is 5.88 Å². The van der Waals surface area contributed by atoms with Gasteiger partial charge in [-0.3, -0.25) is 4.57 Å². The van der Waals surface area contributed by atoms with Crippen LogP contribution in [0, 0.1) is 5.41 Å². The summed E-state index contributed by atoms with van der Waals surface area (Å²) in [6, 6.07) is 0. The van der Waals surface area contributed by atoms with E-state index in [0.717, 1.165) is 18.6 Å². The Morgan fingerprint density at radius 1 is 1.42 bits per heavy atom. The van der Waals surface area contributed by atoms with Crippen LogP contribution in [0.25, 0.3) is 11.2 Å². The second-order valence-corrected chi connectivity index (χ2v) is 5.32. The number of ether oxygens (including phenoxy) is 1. The van der Waals surface area contributed by atoms with Crippen molar-refractivity contribution in [3.8, 4) is 5.88 Å². The normalized spacial score (nSPS) is 17.4. The number of aromatic nitrogens is 4. The summed E-state index contributed by atoms with van der Waals surface area (Å²) in [5.74, 6) is 0.975. The highest BCUT2D eigenvalue weighted by Gasteiger charge is 2.36. The fourth-order valence-electron chi connectivity index (χ4n) is 2.87. The van der Waals surface area contributed by atoms with Crippen LogP contribution in [0.2, 0.25) is 0 Å². The fraction of sp³-hybridized carbons (Fsp3) is 0.615. The number of fused-ring (bicyclic) bond motifs is 1. The average Bonchev–Trinajstić information content (AvgIpc) is 2.69. The minimum absolute atomic E-state index is 0.361. The highest BCUT2D eigenvalue weighted by Crippen LogP contribution is 2.46. The maximum atomic E-state index is 6.05. The molecule has 2 heterocycles. The molecule has 19 heavy (non-hydrogen) atoms. The molecule has 2 N–H and O–H groups in total. The second-order valence-electron chi connectivity index (χ2n) is 5.32. The molecule has 2 aromatic heterocycles. The van der Waals surface area contributed by atoms with Gasteiger partial charge < -0.3 is 10.5 Å². The standard InChI is InChI=1S/C13H19N5O/c1-3-13(5-4-6-13)7-18-10-9(17-12(18)14)11(19-2)16-8-15-10/h8H,3-7H2,1-2H3,(H2,14,17). The summed E-state index contributed by atoms with van der Waals surface area (Å²) in [6.45, 7) is 3.12. The number of nitrogen functional groups attached to an aromatic ring is 1. The van der Waals surface area contributed by atoms with Gasteiger partial charge in [-0.05, 0) is 24.7 Å². The minimum atomic E-state index is 0.361. The first-order chi connectivity index (χ1) is 9.19. The topological polar surface area (TPSA) is 78.9 Å². The molecule has 102 valence electrons. The van der Waals surface area contributed by atoms with Crippen LogP contribution in [0.4, 0.5) is 5.95 Å². The summed E-state index contributed by atoms with van der Waals surface area (Å²) in [5.41, 5.74) is 7.82. The SMILES string of the molecule is CCC1(Cn2c(N)nc3c(OC)ncnc32)CCC1. The maximum absolute atomic E-state index is 6.05. The van der Waals surface area contributed by atoms with Crippen LogP contribution in [-0.2, 0) is 6.54 Å². The summed E-state index contributed by atoms with van der Waals surface area (Å²) < 4.78 is 7.21. The summed E-state index contributed by atoms with van der Waals surface area (Å²) in [5, 5.41) is 0. The van der Waals surface area contributed by atoms with Gasteiger partial charge in [0, 0.05) is 6.54 Å². The van der Waals surface area contributed by atoms with Gasteiger partial charge in [0.15, 0.2) is 11.2 Å². The molecular weight excluding hydrogens is 242 g/mol. The first-order valence-electron chi connectivity index (χ1n) is 6.70. The first-order valence-corrected chi connectivity index (χ1v) is 6.70. The largest absolute Gasteiger partial charge is 0.479 e. The van der Waals surface area contributed by atoms with E-state index in [1.165, 1.54) is 25.6 Å². The molecule has 0 radical (unpaired) electrons. The number of nitrogens with zero attached hydrogens (tertiary/aromatic N) is 4. The van der Waals surface area contributed by atoms with E-state index in [0.29, 0.717) is 22.8 Å². The van der Waals surface area contributed by atoms with Crippen molar-refractivity contribution in [1.82, 2.24) is 19.5 Å². The Balaban J connectivity index is 2.06. The van der Waals surface area contributed by atoms with Gasteiger partial charge in [0.05, 0.1) is 7.11 Å². The monoisotopic (exact) mass is 261 g/mol. The molecule has 0 saturated heterocycles. The molecule has 1 fully saturated rings. The van der Waals surface area contributed by atoms with E-state index in [1.807, 2.05) is 4.57 Å². The molecule has 0 aromatic carbocycles. The van der Waals surface area contributed by atoms with E-state index < -0.39 is 0 Å². The highest BCUT2D eigenvalue weighted by atomic mass is 16.5. The molecule has 3 rings (SSSR count). The van der Waals surface area contributed by atoms with Crippen molar-refractivity contribution in [3.05, 3.63) is 6.33 Å². The van der Waals surface area contributed by atoms with Crippen molar-refractivity contribution in [1.29, 1.82) is 0 Å². The first kappa shape index (κ1) is 12.2. The van der Waals surface area contributed by atoms with Crippen LogP contribution < -0.4 is 10.5 Å². The fourth-order valence-corrected chi connectivity index (χ4v) is 2.87. The zero-order valence-electron chi connectivity index (χ0n) is 11.4. The molecular formula is C13H19N5O. The van der Waals surface area contributed by atoms with E-state index in [2.05, 4.69) is 21.9 Å².